The summed E-state index contributed by atoms with van der Waals surface area (Å²) in [5.74, 6) is -1.56. The van der Waals surface area contributed by atoms with Gasteiger partial charge in [-0.15, -0.1) is 0 Å². The first-order valence-electron chi connectivity index (χ1n) is 6.28. The second-order valence-electron chi connectivity index (χ2n) is 4.63. The van der Waals surface area contributed by atoms with Crippen LogP contribution in [0.4, 0.5) is 5.69 Å². The fourth-order valence-corrected chi connectivity index (χ4v) is 2.42. The maximum atomic E-state index is 12.3. The third-order valence-electron chi connectivity index (χ3n) is 3.11. The molecule has 0 spiro atoms. The molecule has 0 aromatic heterocycles. The Bertz CT molecular complexity index is 820. The van der Waals surface area contributed by atoms with Crippen LogP contribution >= 0.6 is 23.2 Å². The number of benzene rings is 2. The number of nitrogens with zero attached hydrogens (tertiary/aromatic N) is 1. The Labute approximate surface area is 140 Å². The Balaban J connectivity index is 2.31. The van der Waals surface area contributed by atoms with Gasteiger partial charge in [0.25, 0.3) is 5.69 Å². The van der Waals surface area contributed by atoms with E-state index in [-0.39, 0.29) is 33.3 Å². The van der Waals surface area contributed by atoms with Crippen LogP contribution in [0.25, 0.3) is 0 Å². The van der Waals surface area contributed by atoms with Crippen LogP contribution in [-0.2, 0) is 6.42 Å². The highest BCUT2D eigenvalue weighted by atomic mass is 35.5. The predicted molar refractivity (Wildman–Crippen MR) is 84.6 cm³/mol. The van der Waals surface area contributed by atoms with Gasteiger partial charge in [0.05, 0.1) is 15.5 Å². The van der Waals surface area contributed by atoms with Crippen LogP contribution < -0.4 is 0 Å². The molecule has 0 saturated heterocycles. The van der Waals surface area contributed by atoms with Crippen molar-refractivity contribution >= 4 is 40.6 Å². The van der Waals surface area contributed by atoms with Crippen molar-refractivity contribution in [2.24, 2.45) is 0 Å². The lowest BCUT2D eigenvalue weighted by molar-refractivity contribution is -0.384. The van der Waals surface area contributed by atoms with Gasteiger partial charge in [0.1, 0.15) is 0 Å². The summed E-state index contributed by atoms with van der Waals surface area (Å²) < 4.78 is 0. The minimum Gasteiger partial charge on any atom is -0.478 e. The number of carboxylic acids is 1. The zero-order valence-corrected chi connectivity index (χ0v) is 13.0. The minimum absolute atomic E-state index is 0.00648. The van der Waals surface area contributed by atoms with Gasteiger partial charge in [-0.25, -0.2) is 4.79 Å². The van der Waals surface area contributed by atoms with Gasteiger partial charge in [0.15, 0.2) is 5.78 Å². The zero-order valence-electron chi connectivity index (χ0n) is 11.5. The van der Waals surface area contributed by atoms with E-state index in [0.29, 0.717) is 5.56 Å². The third kappa shape index (κ3) is 3.85. The van der Waals surface area contributed by atoms with Gasteiger partial charge >= 0.3 is 5.97 Å². The highest BCUT2D eigenvalue weighted by molar-refractivity contribution is 6.34. The molecule has 6 nitrogen and oxygen atoms in total. The van der Waals surface area contributed by atoms with Crippen LogP contribution in [-0.4, -0.2) is 21.8 Å². The summed E-state index contributed by atoms with van der Waals surface area (Å²) in [7, 11) is 0. The largest absolute Gasteiger partial charge is 0.478 e. The van der Waals surface area contributed by atoms with Gasteiger partial charge in [0.2, 0.25) is 0 Å². The number of carbonyl (C=O) groups excluding carboxylic acids is 1. The van der Waals surface area contributed by atoms with E-state index in [1.165, 1.54) is 30.3 Å². The van der Waals surface area contributed by atoms with Gasteiger partial charge < -0.3 is 5.11 Å². The lowest BCUT2D eigenvalue weighted by Crippen LogP contribution is -2.07. The van der Waals surface area contributed by atoms with Crippen LogP contribution in [0.3, 0.4) is 0 Å². The SMILES string of the molecule is O=C(O)c1ccc(Cl)c(CC(=O)c2ccc([N+](=O)[O-])cc2Cl)c1. The average molecular weight is 354 g/mol. The first kappa shape index (κ1) is 16.9. The molecule has 8 heteroatoms. The molecule has 0 saturated carbocycles. The number of ketones is 1. The van der Waals surface area contributed by atoms with Gasteiger partial charge in [-0.3, -0.25) is 14.9 Å². The summed E-state index contributed by atoms with van der Waals surface area (Å²) in [6.45, 7) is 0. The van der Waals surface area contributed by atoms with Crippen molar-refractivity contribution in [1.82, 2.24) is 0 Å². The first-order chi connectivity index (χ1) is 10.8. The number of halogens is 2. The lowest BCUT2D eigenvalue weighted by Gasteiger charge is -2.07. The van der Waals surface area contributed by atoms with E-state index in [1.54, 1.807) is 0 Å². The topological polar surface area (TPSA) is 97.5 Å². The first-order valence-corrected chi connectivity index (χ1v) is 7.04. The summed E-state index contributed by atoms with van der Waals surface area (Å²) in [5.41, 5.74) is 0.226. The van der Waals surface area contributed by atoms with Crippen molar-refractivity contribution in [2.45, 2.75) is 6.42 Å². The Morgan fingerprint density at radius 3 is 2.35 bits per heavy atom. The molecular weight excluding hydrogens is 345 g/mol. The molecule has 0 heterocycles. The number of Topliss-reactive ketones (excluding diaryl/α,β-unsaturated/α-hetero) is 1. The molecule has 2 rings (SSSR count). The van der Waals surface area contributed by atoms with Gasteiger partial charge in [-0.2, -0.15) is 0 Å². The van der Waals surface area contributed by atoms with Crippen molar-refractivity contribution in [3.8, 4) is 0 Å². The summed E-state index contributed by atoms with van der Waals surface area (Å²) in [6.07, 6.45) is -0.169. The number of aromatic carboxylic acids is 1. The van der Waals surface area contributed by atoms with Crippen LogP contribution in [0.5, 0.6) is 0 Å². The number of nitro groups is 1. The van der Waals surface area contributed by atoms with Crippen molar-refractivity contribution in [1.29, 1.82) is 0 Å². The predicted octanol–water partition coefficient (Wildman–Crippen LogP) is 4.03. The average Bonchev–Trinajstić information content (AvgIpc) is 2.48. The van der Waals surface area contributed by atoms with E-state index >= 15 is 0 Å². The molecule has 0 unspecified atom stereocenters. The molecule has 0 amide bonds. The van der Waals surface area contributed by atoms with E-state index < -0.39 is 16.7 Å². The Morgan fingerprint density at radius 2 is 1.78 bits per heavy atom. The molecule has 2 aromatic rings. The summed E-state index contributed by atoms with van der Waals surface area (Å²) in [5, 5.41) is 19.8. The minimum atomic E-state index is -1.14. The van der Waals surface area contributed by atoms with E-state index in [2.05, 4.69) is 0 Å². The van der Waals surface area contributed by atoms with Crippen molar-refractivity contribution < 1.29 is 19.6 Å². The number of nitro benzene ring substituents is 1. The van der Waals surface area contributed by atoms with Gasteiger partial charge in [-0.05, 0) is 29.8 Å². The summed E-state index contributed by atoms with van der Waals surface area (Å²) in [6, 6.07) is 7.56. The Hall–Kier alpha value is -2.44. The van der Waals surface area contributed by atoms with Crippen LogP contribution in [0, 0.1) is 10.1 Å². The Kier molecular flexibility index (Phi) is 4.98. The summed E-state index contributed by atoms with van der Waals surface area (Å²) >= 11 is 11.9. The fraction of sp³-hybridized carbons (Fsp3) is 0.0667. The Morgan fingerprint density at radius 1 is 1.09 bits per heavy atom. The monoisotopic (exact) mass is 353 g/mol. The highest BCUT2D eigenvalue weighted by Crippen LogP contribution is 2.25. The van der Waals surface area contributed by atoms with Crippen LogP contribution in [0.15, 0.2) is 36.4 Å². The van der Waals surface area contributed by atoms with Crippen molar-refractivity contribution in [3.63, 3.8) is 0 Å². The fourth-order valence-electron chi connectivity index (χ4n) is 1.96. The number of rotatable bonds is 5. The second-order valence-corrected chi connectivity index (χ2v) is 5.45. The number of carboxylic acid groups (broad SMARTS) is 1. The van der Waals surface area contributed by atoms with Crippen LogP contribution in [0.2, 0.25) is 10.0 Å². The van der Waals surface area contributed by atoms with Crippen LogP contribution in [0.1, 0.15) is 26.3 Å². The van der Waals surface area contributed by atoms with E-state index in [9.17, 15) is 19.7 Å². The molecule has 0 atom stereocenters. The maximum absolute atomic E-state index is 12.3. The van der Waals surface area contributed by atoms with E-state index in [1.807, 2.05) is 0 Å². The highest BCUT2D eigenvalue weighted by Gasteiger charge is 2.17. The quantitative estimate of drug-likeness (QED) is 0.497. The number of hydrogen-bond acceptors (Lipinski definition) is 4. The maximum Gasteiger partial charge on any atom is 0.335 e. The van der Waals surface area contributed by atoms with Gasteiger partial charge in [0, 0.05) is 29.1 Å². The smallest absolute Gasteiger partial charge is 0.335 e. The number of carbonyl (C=O) groups is 2. The molecule has 118 valence electrons. The molecule has 0 bridgehead atoms. The van der Waals surface area contributed by atoms with E-state index in [0.717, 1.165) is 6.07 Å². The third-order valence-corrected chi connectivity index (χ3v) is 3.79. The van der Waals surface area contributed by atoms with Crippen molar-refractivity contribution in [3.05, 3.63) is 73.2 Å². The zero-order chi connectivity index (χ0) is 17.1. The molecule has 0 aliphatic heterocycles. The molecule has 0 aliphatic rings. The molecule has 0 aliphatic carbocycles. The second kappa shape index (κ2) is 6.76. The van der Waals surface area contributed by atoms with Crippen molar-refractivity contribution in [2.75, 3.05) is 0 Å². The molecular formula is C15H9Cl2NO5. The molecule has 0 radical (unpaired) electrons. The summed E-state index contributed by atoms with van der Waals surface area (Å²) in [4.78, 5) is 33.3. The molecule has 23 heavy (non-hydrogen) atoms. The molecule has 0 fully saturated rings. The normalized spacial score (nSPS) is 10.3. The lowest BCUT2D eigenvalue weighted by atomic mass is 10.0. The molecule has 2 aromatic carbocycles. The number of hydrogen-bond donors (Lipinski definition) is 1. The van der Waals surface area contributed by atoms with Gasteiger partial charge in [-0.1, -0.05) is 23.2 Å². The molecule has 1 N–H and O–H groups in total. The van der Waals surface area contributed by atoms with E-state index in [4.69, 9.17) is 28.3 Å². The standard InChI is InChI=1S/C15H9Cl2NO5/c16-12-4-1-8(15(20)21)5-9(12)6-14(19)11-3-2-10(18(22)23)7-13(11)17/h1-5,7H,6H2,(H,20,21). The number of non-ortho nitro benzene ring substituents is 1.